The number of hydrogen-bond acceptors (Lipinski definition) is 3. The smallest absolute Gasteiger partial charge is 0.141 e. The molecule has 2 aromatic rings. The third-order valence-electron chi connectivity index (χ3n) is 3.33. The molecule has 2 unspecified atom stereocenters. The average Bonchev–Trinajstić information content (AvgIpc) is 2.45. The van der Waals surface area contributed by atoms with Crippen molar-refractivity contribution in [2.24, 2.45) is 5.84 Å². The van der Waals surface area contributed by atoms with E-state index in [-0.39, 0.29) is 17.8 Å². The van der Waals surface area contributed by atoms with E-state index >= 15 is 0 Å². The first-order valence-electron chi connectivity index (χ1n) is 6.37. The lowest BCUT2D eigenvalue weighted by Crippen LogP contribution is -2.32. The van der Waals surface area contributed by atoms with Gasteiger partial charge in [-0.1, -0.05) is 37.3 Å². The normalized spacial score (nSPS) is 14.1. The Kier molecular flexibility index (Phi) is 4.60. The van der Waals surface area contributed by atoms with Crippen molar-refractivity contribution in [3.63, 3.8) is 0 Å². The van der Waals surface area contributed by atoms with Crippen LogP contribution >= 0.6 is 0 Å². The summed E-state index contributed by atoms with van der Waals surface area (Å²) in [6.07, 6.45) is 3.75. The number of pyridine rings is 1. The summed E-state index contributed by atoms with van der Waals surface area (Å²) in [5, 5.41) is 0. The van der Waals surface area contributed by atoms with Crippen molar-refractivity contribution in [3.8, 4) is 0 Å². The Morgan fingerprint density at radius 3 is 2.53 bits per heavy atom. The van der Waals surface area contributed by atoms with Crippen molar-refractivity contribution < 1.29 is 4.39 Å². The molecule has 1 aromatic carbocycles. The van der Waals surface area contributed by atoms with Gasteiger partial charge in [0.15, 0.2) is 0 Å². The molecule has 0 aliphatic rings. The zero-order valence-corrected chi connectivity index (χ0v) is 10.9. The summed E-state index contributed by atoms with van der Waals surface area (Å²) in [5.74, 6) is 5.50. The molecular weight excluding hydrogens is 241 g/mol. The molecule has 3 N–H and O–H groups in total. The number of hydrazine groups is 1. The molecule has 0 saturated heterocycles. The predicted octanol–water partition coefficient (Wildman–Crippen LogP) is 2.92. The molecule has 3 nitrogen and oxygen atoms in total. The van der Waals surface area contributed by atoms with Crippen molar-refractivity contribution in [1.82, 2.24) is 10.4 Å². The quantitative estimate of drug-likeness (QED) is 0.641. The van der Waals surface area contributed by atoms with Crippen molar-refractivity contribution >= 4 is 0 Å². The Balaban J connectivity index is 2.34. The van der Waals surface area contributed by atoms with Gasteiger partial charge in [-0.15, -0.1) is 0 Å². The topological polar surface area (TPSA) is 50.9 Å². The highest BCUT2D eigenvalue weighted by Crippen LogP contribution is 2.32. The van der Waals surface area contributed by atoms with E-state index in [4.69, 9.17) is 5.84 Å². The largest absolute Gasteiger partial charge is 0.271 e. The summed E-state index contributed by atoms with van der Waals surface area (Å²) in [4.78, 5) is 3.89. The summed E-state index contributed by atoms with van der Waals surface area (Å²) in [5.41, 5.74) is 4.73. The zero-order chi connectivity index (χ0) is 13.7. The Hall–Kier alpha value is -1.78. The highest BCUT2D eigenvalue weighted by molar-refractivity contribution is 5.26. The summed E-state index contributed by atoms with van der Waals surface area (Å²) >= 11 is 0. The number of benzene rings is 1. The third-order valence-corrected chi connectivity index (χ3v) is 3.33. The molecule has 100 valence electrons. The van der Waals surface area contributed by atoms with Gasteiger partial charge in [-0.05, 0) is 23.6 Å². The Labute approximate surface area is 112 Å². The Morgan fingerprint density at radius 1 is 1.21 bits per heavy atom. The minimum atomic E-state index is -0.347. The molecule has 0 spiro atoms. The molecule has 0 aliphatic heterocycles. The van der Waals surface area contributed by atoms with E-state index in [0.717, 1.165) is 12.0 Å². The van der Waals surface area contributed by atoms with Crippen LogP contribution in [0.5, 0.6) is 0 Å². The van der Waals surface area contributed by atoms with Crippen LogP contribution in [0.4, 0.5) is 4.39 Å². The molecule has 0 fully saturated rings. The van der Waals surface area contributed by atoms with E-state index in [0.29, 0.717) is 0 Å². The molecule has 2 rings (SSSR count). The number of rotatable bonds is 5. The van der Waals surface area contributed by atoms with Crippen LogP contribution in [-0.4, -0.2) is 4.98 Å². The van der Waals surface area contributed by atoms with Gasteiger partial charge in [-0.3, -0.25) is 16.3 Å². The molecule has 4 heteroatoms. The van der Waals surface area contributed by atoms with E-state index in [9.17, 15) is 4.39 Å². The van der Waals surface area contributed by atoms with Crippen molar-refractivity contribution in [2.45, 2.75) is 25.3 Å². The van der Waals surface area contributed by atoms with Gasteiger partial charge in [0.05, 0.1) is 12.2 Å². The van der Waals surface area contributed by atoms with Gasteiger partial charge in [0.25, 0.3) is 0 Å². The standard InChI is InChI=1S/C15H18FN3/c1-2-14(11-6-4-3-5-7-11)15(19-17)12-8-13(16)10-18-9-12/h3-10,14-15,19H,2,17H2,1H3. The van der Waals surface area contributed by atoms with Crippen LogP contribution in [0, 0.1) is 5.82 Å². The maximum absolute atomic E-state index is 13.3. The molecule has 0 radical (unpaired) electrons. The number of aromatic nitrogens is 1. The number of nitrogens with two attached hydrogens (primary N) is 1. The van der Waals surface area contributed by atoms with E-state index in [1.165, 1.54) is 17.8 Å². The summed E-state index contributed by atoms with van der Waals surface area (Å²) in [6.45, 7) is 2.09. The molecule has 1 aromatic heterocycles. The fourth-order valence-electron chi connectivity index (χ4n) is 2.41. The average molecular weight is 259 g/mol. The SMILES string of the molecule is CCC(c1ccccc1)C(NN)c1cncc(F)c1. The zero-order valence-electron chi connectivity index (χ0n) is 10.9. The van der Waals surface area contributed by atoms with E-state index in [2.05, 4.69) is 29.5 Å². The molecule has 0 amide bonds. The minimum absolute atomic E-state index is 0.157. The second-order valence-electron chi connectivity index (χ2n) is 4.51. The number of nitrogens with zero attached hydrogens (tertiary/aromatic N) is 1. The second-order valence-corrected chi connectivity index (χ2v) is 4.51. The van der Waals surface area contributed by atoms with Gasteiger partial charge in [-0.2, -0.15) is 0 Å². The van der Waals surface area contributed by atoms with E-state index in [1.54, 1.807) is 6.20 Å². The van der Waals surface area contributed by atoms with Crippen LogP contribution in [-0.2, 0) is 0 Å². The summed E-state index contributed by atoms with van der Waals surface area (Å²) in [6, 6.07) is 11.4. The second kappa shape index (κ2) is 6.41. The van der Waals surface area contributed by atoms with E-state index in [1.807, 2.05) is 18.2 Å². The molecular formula is C15H18FN3. The molecule has 0 saturated carbocycles. The number of hydrogen-bond donors (Lipinski definition) is 2. The maximum Gasteiger partial charge on any atom is 0.141 e. The third kappa shape index (κ3) is 3.16. The van der Waals surface area contributed by atoms with Crippen LogP contribution < -0.4 is 11.3 Å². The van der Waals surface area contributed by atoms with Gasteiger partial charge >= 0.3 is 0 Å². The van der Waals surface area contributed by atoms with Gasteiger partial charge in [0.1, 0.15) is 5.82 Å². The summed E-state index contributed by atoms with van der Waals surface area (Å²) in [7, 11) is 0. The van der Waals surface area contributed by atoms with Crippen molar-refractivity contribution in [2.75, 3.05) is 0 Å². The highest BCUT2D eigenvalue weighted by Gasteiger charge is 2.22. The lowest BCUT2D eigenvalue weighted by atomic mass is 9.86. The molecule has 0 aliphatic carbocycles. The Morgan fingerprint density at radius 2 is 1.95 bits per heavy atom. The molecule has 19 heavy (non-hydrogen) atoms. The molecule has 2 atom stereocenters. The fraction of sp³-hybridized carbons (Fsp3) is 0.267. The predicted molar refractivity (Wildman–Crippen MR) is 73.7 cm³/mol. The maximum atomic E-state index is 13.3. The van der Waals surface area contributed by atoms with Gasteiger partial charge < -0.3 is 0 Å². The van der Waals surface area contributed by atoms with Gasteiger partial charge in [0, 0.05) is 12.1 Å². The minimum Gasteiger partial charge on any atom is -0.271 e. The first kappa shape index (κ1) is 13.6. The van der Waals surface area contributed by atoms with E-state index < -0.39 is 0 Å². The first-order valence-corrected chi connectivity index (χ1v) is 6.37. The van der Waals surface area contributed by atoms with Crippen LogP contribution in [0.25, 0.3) is 0 Å². The fourth-order valence-corrected chi connectivity index (χ4v) is 2.41. The monoisotopic (exact) mass is 259 g/mol. The molecule has 1 heterocycles. The Bertz CT molecular complexity index is 516. The van der Waals surface area contributed by atoms with Crippen LogP contribution in [0.1, 0.15) is 36.4 Å². The van der Waals surface area contributed by atoms with Crippen LogP contribution in [0.2, 0.25) is 0 Å². The number of halogens is 1. The lowest BCUT2D eigenvalue weighted by molar-refractivity contribution is 0.441. The van der Waals surface area contributed by atoms with Crippen LogP contribution in [0.15, 0.2) is 48.8 Å². The van der Waals surface area contributed by atoms with Crippen molar-refractivity contribution in [3.05, 3.63) is 65.7 Å². The summed E-state index contributed by atoms with van der Waals surface area (Å²) < 4.78 is 13.3. The van der Waals surface area contributed by atoms with Gasteiger partial charge in [0.2, 0.25) is 0 Å². The molecule has 0 bridgehead atoms. The first-order chi connectivity index (χ1) is 9.26. The lowest BCUT2D eigenvalue weighted by Gasteiger charge is -2.26. The number of nitrogens with one attached hydrogen (secondary N) is 1. The van der Waals surface area contributed by atoms with Crippen molar-refractivity contribution in [1.29, 1.82) is 0 Å². The highest BCUT2D eigenvalue weighted by atomic mass is 19.1. The van der Waals surface area contributed by atoms with Crippen LogP contribution in [0.3, 0.4) is 0 Å². The van der Waals surface area contributed by atoms with Gasteiger partial charge in [-0.25, -0.2) is 4.39 Å².